The van der Waals surface area contributed by atoms with Gasteiger partial charge in [-0.2, -0.15) is 14.4 Å². The van der Waals surface area contributed by atoms with E-state index < -0.39 is 22.3 Å². The van der Waals surface area contributed by atoms with Crippen LogP contribution in [0.15, 0.2) is 24.5 Å². The van der Waals surface area contributed by atoms with Gasteiger partial charge in [0.1, 0.15) is 6.33 Å². The molecule has 0 N–H and O–H groups in total. The maximum atomic E-state index is 13.7. The summed E-state index contributed by atoms with van der Waals surface area (Å²) in [6.45, 7) is 6.23. The summed E-state index contributed by atoms with van der Waals surface area (Å²) < 4.78 is 24.7. The van der Waals surface area contributed by atoms with E-state index in [4.69, 9.17) is 9.47 Å². The summed E-state index contributed by atoms with van der Waals surface area (Å²) in [4.78, 5) is 32.8. The molecule has 1 heterocycles. The molecule has 0 bridgehead atoms. The zero-order valence-corrected chi connectivity index (χ0v) is 15.8. The minimum atomic E-state index is -1.02. The smallest absolute Gasteiger partial charge is 0.305 e. The topological polar surface area (TPSA) is 108 Å². The highest BCUT2D eigenvalue weighted by molar-refractivity contribution is 6.07. The molecular formula is C18H21FN4O5. The minimum Gasteiger partial charge on any atom is -0.476 e. The van der Waals surface area contributed by atoms with E-state index in [2.05, 4.69) is 9.97 Å². The Morgan fingerprint density at radius 2 is 1.79 bits per heavy atom. The lowest BCUT2D eigenvalue weighted by Crippen LogP contribution is -2.33. The molecule has 28 heavy (non-hydrogen) atoms. The number of rotatable bonds is 9. The van der Waals surface area contributed by atoms with Crippen molar-refractivity contribution < 1.29 is 23.6 Å². The highest BCUT2D eigenvalue weighted by atomic mass is 19.1. The lowest BCUT2D eigenvalue weighted by atomic mass is 10.1. The largest absolute Gasteiger partial charge is 0.476 e. The number of benzene rings is 1. The molecule has 0 aliphatic heterocycles. The zero-order chi connectivity index (χ0) is 20.7. The van der Waals surface area contributed by atoms with Gasteiger partial charge in [-0.1, -0.05) is 6.92 Å². The summed E-state index contributed by atoms with van der Waals surface area (Å²) in [5, 5.41) is 11.0. The Hall–Kier alpha value is -3.30. The molecule has 2 rings (SSSR count). The van der Waals surface area contributed by atoms with E-state index >= 15 is 0 Å². The number of ether oxygens (including phenoxy) is 2. The van der Waals surface area contributed by atoms with Crippen LogP contribution in [0, 0.1) is 15.9 Å². The van der Waals surface area contributed by atoms with Crippen molar-refractivity contribution in [3.8, 4) is 11.8 Å². The van der Waals surface area contributed by atoms with Gasteiger partial charge in [-0.05, 0) is 32.4 Å². The molecule has 0 atom stereocenters. The number of hydrogen-bond donors (Lipinski definition) is 0. The summed E-state index contributed by atoms with van der Waals surface area (Å²) in [6, 6.07) is 2.99. The van der Waals surface area contributed by atoms with E-state index in [1.807, 2.05) is 6.92 Å². The van der Waals surface area contributed by atoms with Gasteiger partial charge in [-0.3, -0.25) is 19.8 Å². The number of hydrogen-bond acceptors (Lipinski definition) is 7. The molecule has 0 radical (unpaired) electrons. The summed E-state index contributed by atoms with van der Waals surface area (Å²) >= 11 is 0. The number of carbonyl (C=O) groups excluding carboxylic acids is 1. The molecular weight excluding hydrogens is 371 g/mol. The number of anilines is 1. The third kappa shape index (κ3) is 4.51. The molecule has 0 saturated heterocycles. The van der Waals surface area contributed by atoms with Crippen LogP contribution < -0.4 is 14.4 Å². The molecule has 0 unspecified atom stereocenters. The van der Waals surface area contributed by atoms with Crippen LogP contribution in [-0.2, 0) is 0 Å². The number of amides is 1. The van der Waals surface area contributed by atoms with E-state index in [1.54, 1.807) is 13.8 Å². The predicted molar refractivity (Wildman–Crippen MR) is 99.4 cm³/mol. The average Bonchev–Trinajstić information content (AvgIpc) is 2.67. The molecule has 0 spiro atoms. The molecule has 1 aromatic heterocycles. The molecule has 0 saturated carbocycles. The van der Waals surface area contributed by atoms with Crippen molar-refractivity contribution in [1.29, 1.82) is 0 Å². The van der Waals surface area contributed by atoms with Crippen molar-refractivity contribution >= 4 is 17.3 Å². The standard InChI is InChI=1S/C18H21FN4O5/c1-4-9-22(15-16(27-5-2)20-11-21-17(15)28-6-3)18(24)12-7-8-13(19)14(10-12)23(25)26/h7-8,10-11H,4-6,9H2,1-3H3. The van der Waals surface area contributed by atoms with Crippen molar-refractivity contribution in [2.24, 2.45) is 0 Å². The van der Waals surface area contributed by atoms with E-state index in [9.17, 15) is 19.3 Å². The second-order valence-electron chi connectivity index (χ2n) is 5.58. The lowest BCUT2D eigenvalue weighted by molar-refractivity contribution is -0.387. The molecule has 0 aliphatic rings. The van der Waals surface area contributed by atoms with Crippen molar-refractivity contribution in [3.63, 3.8) is 0 Å². The molecule has 0 fully saturated rings. The third-order valence-corrected chi connectivity index (χ3v) is 3.67. The first-order chi connectivity index (χ1) is 13.4. The summed E-state index contributed by atoms with van der Waals surface area (Å²) in [5.74, 6) is -1.29. The molecule has 10 heteroatoms. The van der Waals surface area contributed by atoms with Crippen LogP contribution >= 0.6 is 0 Å². The van der Waals surface area contributed by atoms with Gasteiger partial charge in [0.2, 0.25) is 17.6 Å². The quantitative estimate of drug-likeness (QED) is 0.475. The molecule has 9 nitrogen and oxygen atoms in total. The fourth-order valence-electron chi connectivity index (χ4n) is 2.54. The highest BCUT2D eigenvalue weighted by Gasteiger charge is 2.28. The summed E-state index contributed by atoms with van der Waals surface area (Å²) in [6.07, 6.45) is 1.83. The summed E-state index contributed by atoms with van der Waals surface area (Å²) in [5.41, 5.74) is -0.595. The Labute approximate surface area is 161 Å². The zero-order valence-electron chi connectivity index (χ0n) is 15.8. The first-order valence-electron chi connectivity index (χ1n) is 8.80. The Morgan fingerprint density at radius 3 is 2.29 bits per heavy atom. The van der Waals surface area contributed by atoms with Crippen LogP contribution in [-0.4, -0.2) is 40.6 Å². The molecule has 1 amide bonds. The Balaban J connectivity index is 2.58. The van der Waals surface area contributed by atoms with Crippen molar-refractivity contribution in [2.75, 3.05) is 24.7 Å². The van der Waals surface area contributed by atoms with Gasteiger partial charge < -0.3 is 9.47 Å². The highest BCUT2D eigenvalue weighted by Crippen LogP contribution is 2.36. The van der Waals surface area contributed by atoms with Gasteiger partial charge in [-0.25, -0.2) is 0 Å². The monoisotopic (exact) mass is 392 g/mol. The van der Waals surface area contributed by atoms with Crippen molar-refractivity contribution in [3.05, 3.63) is 46.0 Å². The van der Waals surface area contributed by atoms with Gasteiger partial charge in [-0.15, -0.1) is 0 Å². The lowest BCUT2D eigenvalue weighted by Gasteiger charge is -2.25. The molecule has 1 aromatic carbocycles. The van der Waals surface area contributed by atoms with Crippen LogP contribution in [0.5, 0.6) is 11.8 Å². The van der Waals surface area contributed by atoms with E-state index in [0.29, 0.717) is 19.6 Å². The van der Waals surface area contributed by atoms with E-state index in [-0.39, 0.29) is 29.6 Å². The van der Waals surface area contributed by atoms with Gasteiger partial charge in [0.05, 0.1) is 18.1 Å². The second kappa shape index (κ2) is 9.58. The number of carbonyl (C=O) groups is 1. The van der Waals surface area contributed by atoms with Gasteiger partial charge in [0, 0.05) is 18.2 Å². The molecule has 150 valence electrons. The summed E-state index contributed by atoms with van der Waals surface area (Å²) in [7, 11) is 0. The third-order valence-electron chi connectivity index (χ3n) is 3.67. The Bertz CT molecular complexity index is 838. The number of aromatic nitrogens is 2. The van der Waals surface area contributed by atoms with Gasteiger partial charge in [0.15, 0.2) is 5.69 Å². The van der Waals surface area contributed by atoms with Crippen LogP contribution in [0.2, 0.25) is 0 Å². The normalized spacial score (nSPS) is 10.4. The van der Waals surface area contributed by atoms with Crippen LogP contribution in [0.3, 0.4) is 0 Å². The van der Waals surface area contributed by atoms with E-state index in [1.165, 1.54) is 17.3 Å². The van der Waals surface area contributed by atoms with E-state index in [0.717, 1.165) is 12.1 Å². The number of halogens is 1. The van der Waals surface area contributed by atoms with Crippen molar-refractivity contribution in [2.45, 2.75) is 27.2 Å². The number of nitrogens with zero attached hydrogens (tertiary/aromatic N) is 4. The Morgan fingerprint density at radius 1 is 1.18 bits per heavy atom. The fourth-order valence-corrected chi connectivity index (χ4v) is 2.54. The van der Waals surface area contributed by atoms with Gasteiger partial charge >= 0.3 is 5.69 Å². The number of nitro groups is 1. The van der Waals surface area contributed by atoms with Gasteiger partial charge in [0.25, 0.3) is 5.91 Å². The predicted octanol–water partition coefficient (Wildman–Crippen LogP) is 3.38. The maximum absolute atomic E-state index is 13.7. The molecule has 0 aliphatic carbocycles. The second-order valence-corrected chi connectivity index (χ2v) is 5.58. The first kappa shape index (κ1) is 21.0. The fraction of sp³-hybridized carbons (Fsp3) is 0.389. The van der Waals surface area contributed by atoms with Crippen LogP contribution in [0.25, 0.3) is 0 Å². The average molecular weight is 392 g/mol. The van der Waals surface area contributed by atoms with Crippen LogP contribution in [0.1, 0.15) is 37.6 Å². The van der Waals surface area contributed by atoms with Crippen molar-refractivity contribution in [1.82, 2.24) is 9.97 Å². The molecule has 2 aromatic rings. The Kier molecular flexibility index (Phi) is 7.19. The minimum absolute atomic E-state index is 0.0460. The first-order valence-corrected chi connectivity index (χ1v) is 8.80. The SMILES string of the molecule is CCCN(C(=O)c1ccc(F)c([N+](=O)[O-])c1)c1c(OCC)ncnc1OCC. The van der Waals surface area contributed by atoms with Crippen LogP contribution in [0.4, 0.5) is 15.8 Å². The number of nitro benzene ring substituents is 1. The maximum Gasteiger partial charge on any atom is 0.305 e.